The maximum absolute atomic E-state index is 12.3. The van der Waals surface area contributed by atoms with Gasteiger partial charge in [0.25, 0.3) is 5.91 Å². The second kappa shape index (κ2) is 7.54. The van der Waals surface area contributed by atoms with E-state index in [1.807, 2.05) is 18.2 Å². The lowest BCUT2D eigenvalue weighted by atomic mass is 10.1. The maximum Gasteiger partial charge on any atom is 0.256 e. The summed E-state index contributed by atoms with van der Waals surface area (Å²) in [7, 11) is 0. The Morgan fingerprint density at radius 3 is 2.33 bits per heavy atom. The summed E-state index contributed by atoms with van der Waals surface area (Å²) in [6, 6.07) is 9.18. The number of rotatable bonds is 5. The Kier molecular flexibility index (Phi) is 5.73. The first kappa shape index (κ1) is 15.9. The molecule has 0 aliphatic carbocycles. The van der Waals surface area contributed by atoms with Crippen molar-refractivity contribution in [3.05, 3.63) is 35.9 Å². The van der Waals surface area contributed by atoms with Crippen LogP contribution in [0, 0.1) is 0 Å². The van der Waals surface area contributed by atoms with E-state index in [2.05, 4.69) is 11.8 Å². The van der Waals surface area contributed by atoms with Crippen molar-refractivity contribution in [3.8, 4) is 0 Å². The van der Waals surface area contributed by atoms with Gasteiger partial charge in [-0.05, 0) is 12.0 Å². The van der Waals surface area contributed by atoms with Gasteiger partial charge in [-0.25, -0.2) is 0 Å². The normalized spacial score (nSPS) is 19.3. The first-order valence-electron chi connectivity index (χ1n) is 7.54. The molecule has 2 N–H and O–H groups in total. The lowest BCUT2D eigenvalue weighted by Crippen LogP contribution is -2.53. The average molecular weight is 292 g/mol. The van der Waals surface area contributed by atoms with Gasteiger partial charge in [-0.3, -0.25) is 9.69 Å². The van der Waals surface area contributed by atoms with E-state index in [1.54, 1.807) is 17.0 Å². The lowest BCUT2D eigenvalue weighted by molar-refractivity contribution is -0.142. The maximum atomic E-state index is 12.3. The van der Waals surface area contributed by atoms with Crippen LogP contribution in [-0.2, 0) is 4.79 Å². The molecule has 1 aromatic rings. The minimum Gasteiger partial charge on any atom is -0.395 e. The Bertz CT molecular complexity index is 440. The molecule has 5 heteroatoms. The molecule has 1 aromatic carbocycles. The lowest BCUT2D eigenvalue weighted by Gasteiger charge is -2.39. The number of hydrogen-bond acceptors (Lipinski definition) is 4. The van der Waals surface area contributed by atoms with E-state index in [-0.39, 0.29) is 18.6 Å². The highest BCUT2D eigenvalue weighted by atomic mass is 16.3. The molecule has 116 valence electrons. The van der Waals surface area contributed by atoms with Crippen LogP contribution in [0.25, 0.3) is 0 Å². The number of benzene rings is 1. The van der Waals surface area contributed by atoms with Crippen LogP contribution in [0.3, 0.4) is 0 Å². The van der Waals surface area contributed by atoms with Gasteiger partial charge in [0.05, 0.1) is 6.61 Å². The van der Waals surface area contributed by atoms with Crippen LogP contribution in [0.4, 0.5) is 0 Å². The molecule has 21 heavy (non-hydrogen) atoms. The van der Waals surface area contributed by atoms with Crippen molar-refractivity contribution in [2.45, 2.75) is 25.5 Å². The largest absolute Gasteiger partial charge is 0.395 e. The predicted molar refractivity (Wildman–Crippen MR) is 80.7 cm³/mol. The molecule has 0 bridgehead atoms. The molecule has 0 aromatic heterocycles. The fourth-order valence-electron chi connectivity index (χ4n) is 2.76. The highest BCUT2D eigenvalue weighted by molar-refractivity contribution is 5.82. The van der Waals surface area contributed by atoms with Gasteiger partial charge >= 0.3 is 0 Å². The van der Waals surface area contributed by atoms with Gasteiger partial charge in [0, 0.05) is 32.2 Å². The zero-order chi connectivity index (χ0) is 15.2. The van der Waals surface area contributed by atoms with Crippen molar-refractivity contribution >= 4 is 5.91 Å². The van der Waals surface area contributed by atoms with E-state index >= 15 is 0 Å². The molecule has 1 saturated heterocycles. The van der Waals surface area contributed by atoms with Gasteiger partial charge in [0.2, 0.25) is 0 Å². The topological polar surface area (TPSA) is 64.0 Å². The molecular formula is C16H24N2O3. The summed E-state index contributed by atoms with van der Waals surface area (Å²) in [4.78, 5) is 16.2. The molecule has 1 fully saturated rings. The summed E-state index contributed by atoms with van der Waals surface area (Å²) in [5.41, 5.74) is 0.631. The molecule has 2 unspecified atom stereocenters. The molecule has 0 saturated carbocycles. The molecule has 1 amide bonds. The first-order valence-corrected chi connectivity index (χ1v) is 7.54. The summed E-state index contributed by atoms with van der Waals surface area (Å²) in [5.74, 6) is -0.238. The summed E-state index contributed by atoms with van der Waals surface area (Å²) in [6.07, 6.45) is -0.186. The van der Waals surface area contributed by atoms with Crippen LogP contribution in [-0.4, -0.2) is 64.7 Å². The zero-order valence-corrected chi connectivity index (χ0v) is 12.5. The van der Waals surface area contributed by atoms with Crippen molar-refractivity contribution < 1.29 is 15.0 Å². The van der Waals surface area contributed by atoms with E-state index in [9.17, 15) is 15.0 Å². The number of amides is 1. The Labute approximate surface area is 125 Å². The van der Waals surface area contributed by atoms with Crippen molar-refractivity contribution in [2.75, 3.05) is 32.8 Å². The van der Waals surface area contributed by atoms with Crippen LogP contribution in [0.2, 0.25) is 0 Å². The Hall–Kier alpha value is -1.43. The highest BCUT2D eigenvalue weighted by Crippen LogP contribution is 2.17. The Morgan fingerprint density at radius 2 is 1.81 bits per heavy atom. The van der Waals surface area contributed by atoms with Gasteiger partial charge in [0.15, 0.2) is 6.10 Å². The Morgan fingerprint density at radius 1 is 1.19 bits per heavy atom. The van der Waals surface area contributed by atoms with Gasteiger partial charge in [-0.15, -0.1) is 0 Å². The number of nitrogens with zero attached hydrogens (tertiary/aromatic N) is 2. The third-order valence-electron chi connectivity index (χ3n) is 4.17. The molecular weight excluding hydrogens is 268 g/mol. The second-order valence-electron chi connectivity index (χ2n) is 5.42. The summed E-state index contributed by atoms with van der Waals surface area (Å²) < 4.78 is 0. The number of carbonyl (C=O) groups excluding carboxylic acids is 1. The third kappa shape index (κ3) is 3.81. The number of aliphatic hydroxyl groups is 2. The number of aliphatic hydroxyl groups excluding tert-OH is 2. The second-order valence-corrected chi connectivity index (χ2v) is 5.42. The molecule has 5 nitrogen and oxygen atoms in total. The van der Waals surface area contributed by atoms with E-state index in [1.165, 1.54) is 0 Å². The molecule has 0 radical (unpaired) electrons. The van der Waals surface area contributed by atoms with Gasteiger partial charge in [-0.2, -0.15) is 0 Å². The molecule has 1 aliphatic heterocycles. The number of piperazine rings is 1. The van der Waals surface area contributed by atoms with Gasteiger partial charge < -0.3 is 15.1 Å². The van der Waals surface area contributed by atoms with Crippen molar-refractivity contribution in [1.29, 1.82) is 0 Å². The summed E-state index contributed by atoms with van der Waals surface area (Å²) in [5, 5.41) is 19.5. The Balaban J connectivity index is 1.91. The first-order chi connectivity index (χ1) is 10.2. The molecule has 0 spiro atoms. The van der Waals surface area contributed by atoms with Crippen LogP contribution in [0.15, 0.2) is 30.3 Å². The van der Waals surface area contributed by atoms with Crippen molar-refractivity contribution in [3.63, 3.8) is 0 Å². The molecule has 1 aliphatic rings. The van der Waals surface area contributed by atoms with E-state index in [0.717, 1.165) is 19.5 Å². The van der Waals surface area contributed by atoms with Crippen LogP contribution in [0.5, 0.6) is 0 Å². The van der Waals surface area contributed by atoms with Crippen LogP contribution < -0.4 is 0 Å². The molecule has 2 rings (SSSR count). The van der Waals surface area contributed by atoms with Gasteiger partial charge in [-0.1, -0.05) is 37.3 Å². The molecule has 1 heterocycles. The van der Waals surface area contributed by atoms with Crippen molar-refractivity contribution in [1.82, 2.24) is 9.80 Å². The minimum absolute atomic E-state index is 0.150. The number of carbonyl (C=O) groups is 1. The molecule has 2 atom stereocenters. The fourth-order valence-corrected chi connectivity index (χ4v) is 2.76. The van der Waals surface area contributed by atoms with Crippen molar-refractivity contribution in [2.24, 2.45) is 0 Å². The third-order valence-corrected chi connectivity index (χ3v) is 4.17. The van der Waals surface area contributed by atoms with E-state index < -0.39 is 6.10 Å². The van der Waals surface area contributed by atoms with E-state index in [4.69, 9.17) is 0 Å². The summed E-state index contributed by atoms with van der Waals surface area (Å²) in [6.45, 7) is 4.88. The zero-order valence-electron chi connectivity index (χ0n) is 12.5. The van der Waals surface area contributed by atoms with E-state index in [0.29, 0.717) is 18.7 Å². The van der Waals surface area contributed by atoms with Gasteiger partial charge in [0.1, 0.15) is 0 Å². The summed E-state index contributed by atoms with van der Waals surface area (Å²) >= 11 is 0. The monoisotopic (exact) mass is 292 g/mol. The standard InChI is InChI=1S/C16H24N2O3/c1-2-14(12-19)17-8-10-18(11-9-17)16(21)15(20)13-6-4-3-5-7-13/h3-7,14-15,19-20H,2,8-12H2,1H3. The average Bonchev–Trinajstić information content (AvgIpc) is 2.56. The minimum atomic E-state index is -1.09. The fraction of sp³-hybridized carbons (Fsp3) is 0.562. The smallest absolute Gasteiger partial charge is 0.256 e. The van der Waals surface area contributed by atoms with Crippen LogP contribution >= 0.6 is 0 Å². The highest BCUT2D eigenvalue weighted by Gasteiger charge is 2.28. The number of hydrogen-bond donors (Lipinski definition) is 2. The van der Waals surface area contributed by atoms with Crippen LogP contribution in [0.1, 0.15) is 25.0 Å². The quantitative estimate of drug-likeness (QED) is 0.836. The SMILES string of the molecule is CCC(CO)N1CCN(C(=O)C(O)c2ccccc2)CC1. The predicted octanol–water partition coefficient (Wildman–Crippen LogP) is 0.635.